The van der Waals surface area contributed by atoms with E-state index in [0.29, 0.717) is 4.77 Å². The average Bonchev–Trinajstić information content (AvgIpc) is 2.93. The molecule has 1 N–H and O–H groups in total. The van der Waals surface area contributed by atoms with E-state index in [4.69, 9.17) is 23.8 Å². The number of H-pyrrole nitrogens is 1. The van der Waals surface area contributed by atoms with Crippen LogP contribution in [0.3, 0.4) is 0 Å². The predicted octanol–water partition coefficient (Wildman–Crippen LogP) is 5.67. The fraction of sp³-hybridized carbons (Fsp3) is 0.267. The van der Waals surface area contributed by atoms with Crippen LogP contribution in [-0.4, -0.2) is 9.55 Å². The molecule has 0 saturated heterocycles. The Morgan fingerprint density at radius 1 is 1.43 bits per heavy atom. The van der Waals surface area contributed by atoms with Gasteiger partial charge in [-0.3, -0.25) is 0 Å². The number of hydrogen-bond acceptors (Lipinski definition) is 2. The summed E-state index contributed by atoms with van der Waals surface area (Å²) in [5.41, 5.74) is 1.52. The third-order valence-corrected chi connectivity index (χ3v) is 5.10. The van der Waals surface area contributed by atoms with E-state index >= 15 is 0 Å². The molecule has 2 aromatic heterocycles. The van der Waals surface area contributed by atoms with E-state index in [1.54, 1.807) is 17.4 Å². The Bertz CT molecular complexity index is 862. The Morgan fingerprint density at radius 2 is 2.19 bits per heavy atom. The molecule has 2 heterocycles. The fourth-order valence-corrected chi connectivity index (χ4v) is 4.10. The number of rotatable bonds is 3. The van der Waals surface area contributed by atoms with Crippen LogP contribution in [0.5, 0.6) is 0 Å². The molecule has 0 aliphatic heterocycles. The van der Waals surface area contributed by atoms with Gasteiger partial charge in [0.2, 0.25) is 0 Å². The minimum absolute atomic E-state index is 0.104. The lowest BCUT2D eigenvalue weighted by atomic mass is 10.2. The second kappa shape index (κ2) is 5.55. The number of aryl methyl sites for hydroxylation is 1. The van der Waals surface area contributed by atoms with Crippen LogP contribution in [0.2, 0.25) is 5.02 Å². The van der Waals surface area contributed by atoms with Gasteiger partial charge in [0.1, 0.15) is 5.82 Å². The maximum atomic E-state index is 13.7. The minimum atomic E-state index is -0.425. The summed E-state index contributed by atoms with van der Waals surface area (Å²) in [5, 5.41) is 0.104. The van der Waals surface area contributed by atoms with Gasteiger partial charge in [-0.25, -0.2) is 4.39 Å². The zero-order valence-corrected chi connectivity index (χ0v) is 14.0. The van der Waals surface area contributed by atoms with Crippen molar-refractivity contribution in [3.8, 4) is 0 Å². The molecule has 0 bridgehead atoms. The van der Waals surface area contributed by atoms with Gasteiger partial charge in [-0.15, -0.1) is 11.3 Å². The first kappa shape index (κ1) is 14.8. The van der Waals surface area contributed by atoms with Crippen molar-refractivity contribution in [1.82, 2.24) is 9.55 Å². The molecular formula is C15H14ClFN2S2. The number of aromatic amines is 1. The summed E-state index contributed by atoms with van der Waals surface area (Å²) < 4.78 is 16.3. The number of hydrogen-bond donors (Lipinski definition) is 1. The molecule has 2 nitrogen and oxygen atoms in total. The van der Waals surface area contributed by atoms with Crippen molar-refractivity contribution in [2.75, 3.05) is 0 Å². The zero-order chi connectivity index (χ0) is 15.1. The second-order valence-electron chi connectivity index (χ2n) is 5.15. The van der Waals surface area contributed by atoms with Gasteiger partial charge >= 0.3 is 0 Å². The first-order valence-electron chi connectivity index (χ1n) is 6.60. The molecule has 21 heavy (non-hydrogen) atoms. The molecule has 0 aliphatic rings. The van der Waals surface area contributed by atoms with Crippen molar-refractivity contribution in [2.24, 2.45) is 0 Å². The molecule has 1 aromatic carbocycles. The number of aromatic nitrogens is 2. The highest BCUT2D eigenvalue weighted by atomic mass is 35.5. The Labute approximate surface area is 136 Å². The number of imidazole rings is 1. The number of nitrogens with zero attached hydrogens (tertiary/aromatic N) is 1. The second-order valence-corrected chi connectivity index (χ2v) is 7.32. The molecule has 0 amide bonds. The third kappa shape index (κ3) is 2.78. The van der Waals surface area contributed by atoms with Crippen molar-refractivity contribution in [3.05, 3.63) is 49.6 Å². The van der Waals surface area contributed by atoms with Gasteiger partial charge in [0.05, 0.1) is 16.1 Å². The average molecular weight is 341 g/mol. The summed E-state index contributed by atoms with van der Waals surface area (Å²) in [7, 11) is 0. The Hall–Kier alpha value is -1.17. The number of benzene rings is 1. The molecule has 1 atom stereocenters. The Balaban J connectivity index is 2.04. The first-order valence-corrected chi connectivity index (χ1v) is 8.20. The largest absolute Gasteiger partial charge is 0.331 e. The minimum Gasteiger partial charge on any atom is -0.331 e. The maximum Gasteiger partial charge on any atom is 0.178 e. The summed E-state index contributed by atoms with van der Waals surface area (Å²) in [6.07, 6.45) is 0.865. The molecule has 0 aliphatic carbocycles. The molecule has 6 heteroatoms. The number of fused-ring (bicyclic) bond motifs is 1. The molecule has 0 saturated carbocycles. The van der Waals surface area contributed by atoms with Crippen LogP contribution in [0.4, 0.5) is 4.39 Å². The molecule has 110 valence electrons. The zero-order valence-electron chi connectivity index (χ0n) is 11.6. The fourth-order valence-electron chi connectivity index (χ4n) is 2.54. The highest BCUT2D eigenvalue weighted by molar-refractivity contribution is 7.71. The topological polar surface area (TPSA) is 20.7 Å². The molecule has 3 aromatic rings. The standard InChI is InChI=1S/C15H14ClFN2S2/c1-8(5-10-4-3-9(2)21-10)19-14-7-12(17)11(16)6-13(14)18-15(19)20/h3-4,6-8H,5H2,1-2H3,(H,18,20). The number of halogens is 2. The molecule has 3 rings (SSSR count). The summed E-state index contributed by atoms with van der Waals surface area (Å²) in [6.45, 7) is 4.18. The van der Waals surface area contributed by atoms with Crippen LogP contribution in [0.1, 0.15) is 22.7 Å². The van der Waals surface area contributed by atoms with E-state index in [1.807, 2.05) is 4.57 Å². The van der Waals surface area contributed by atoms with E-state index in [1.165, 1.54) is 15.8 Å². The van der Waals surface area contributed by atoms with Crippen LogP contribution < -0.4 is 0 Å². The van der Waals surface area contributed by atoms with Gasteiger partial charge in [0.25, 0.3) is 0 Å². The quantitative estimate of drug-likeness (QED) is 0.609. The first-order chi connectivity index (χ1) is 9.95. The lowest BCUT2D eigenvalue weighted by Crippen LogP contribution is -2.07. The lowest BCUT2D eigenvalue weighted by Gasteiger charge is -2.13. The van der Waals surface area contributed by atoms with Gasteiger partial charge < -0.3 is 9.55 Å². The van der Waals surface area contributed by atoms with Crippen molar-refractivity contribution in [2.45, 2.75) is 26.3 Å². The van der Waals surface area contributed by atoms with Crippen LogP contribution in [0.25, 0.3) is 11.0 Å². The van der Waals surface area contributed by atoms with Crippen molar-refractivity contribution in [1.29, 1.82) is 0 Å². The van der Waals surface area contributed by atoms with Gasteiger partial charge in [0, 0.05) is 28.3 Å². The van der Waals surface area contributed by atoms with Crippen molar-refractivity contribution >= 4 is 46.2 Å². The van der Waals surface area contributed by atoms with E-state index < -0.39 is 5.82 Å². The monoisotopic (exact) mass is 340 g/mol. The molecule has 0 radical (unpaired) electrons. The van der Waals surface area contributed by atoms with Crippen LogP contribution in [0, 0.1) is 17.5 Å². The summed E-state index contributed by atoms with van der Waals surface area (Å²) >= 11 is 13.0. The Morgan fingerprint density at radius 3 is 2.86 bits per heavy atom. The van der Waals surface area contributed by atoms with E-state index in [-0.39, 0.29) is 11.1 Å². The molecule has 0 spiro atoms. The van der Waals surface area contributed by atoms with Crippen molar-refractivity contribution < 1.29 is 4.39 Å². The smallest absolute Gasteiger partial charge is 0.178 e. The molecule has 1 unspecified atom stereocenters. The van der Waals surface area contributed by atoms with E-state index in [2.05, 4.69) is 31.0 Å². The summed E-state index contributed by atoms with van der Waals surface area (Å²) in [6, 6.07) is 7.41. The summed E-state index contributed by atoms with van der Waals surface area (Å²) in [5.74, 6) is -0.425. The third-order valence-electron chi connectivity index (χ3n) is 3.49. The predicted molar refractivity (Wildman–Crippen MR) is 89.6 cm³/mol. The van der Waals surface area contributed by atoms with Crippen LogP contribution >= 0.6 is 35.2 Å². The van der Waals surface area contributed by atoms with Gasteiger partial charge in [-0.1, -0.05) is 11.6 Å². The van der Waals surface area contributed by atoms with Crippen LogP contribution in [-0.2, 0) is 6.42 Å². The van der Waals surface area contributed by atoms with Gasteiger partial charge in [0.15, 0.2) is 4.77 Å². The van der Waals surface area contributed by atoms with Gasteiger partial charge in [-0.2, -0.15) is 0 Å². The molecule has 0 fully saturated rings. The highest BCUT2D eigenvalue weighted by Crippen LogP contribution is 2.28. The number of thiophene rings is 1. The Kier molecular flexibility index (Phi) is 3.90. The maximum absolute atomic E-state index is 13.7. The van der Waals surface area contributed by atoms with E-state index in [9.17, 15) is 4.39 Å². The summed E-state index contributed by atoms with van der Waals surface area (Å²) in [4.78, 5) is 5.68. The van der Waals surface area contributed by atoms with Crippen LogP contribution in [0.15, 0.2) is 24.3 Å². The lowest BCUT2D eigenvalue weighted by molar-refractivity contribution is 0.555. The highest BCUT2D eigenvalue weighted by Gasteiger charge is 2.14. The van der Waals surface area contributed by atoms with Crippen molar-refractivity contribution in [3.63, 3.8) is 0 Å². The normalized spacial score (nSPS) is 13.0. The SMILES string of the molecule is Cc1ccc(CC(C)n2c(=S)[nH]c3cc(Cl)c(F)cc32)s1. The number of nitrogens with one attached hydrogen (secondary N) is 1. The van der Waals surface area contributed by atoms with Gasteiger partial charge in [-0.05, 0) is 44.3 Å². The molecular weight excluding hydrogens is 327 g/mol. The van der Waals surface area contributed by atoms with E-state index in [0.717, 1.165) is 17.5 Å².